The molecule has 1 aromatic rings. The van der Waals surface area contributed by atoms with Gasteiger partial charge < -0.3 is 0 Å². The van der Waals surface area contributed by atoms with Crippen LogP contribution in [0.3, 0.4) is 0 Å². The van der Waals surface area contributed by atoms with Crippen molar-refractivity contribution in [2.45, 2.75) is 55.9 Å². The van der Waals surface area contributed by atoms with Gasteiger partial charge in [0, 0.05) is 18.6 Å². The molecule has 1 N–H and O–H groups in total. The molecule has 4 rings (SSSR count). The molecule has 1 aromatic carbocycles. The highest BCUT2D eigenvalue weighted by Crippen LogP contribution is 2.30. The summed E-state index contributed by atoms with van der Waals surface area (Å²) in [7, 11) is -3.06. The van der Waals surface area contributed by atoms with E-state index in [1.807, 2.05) is 0 Å². The van der Waals surface area contributed by atoms with Crippen molar-refractivity contribution in [3.05, 3.63) is 35.4 Å². The average Bonchev–Trinajstić information content (AvgIpc) is 3.27. The monoisotopic (exact) mass is 320 g/mol. The van der Waals surface area contributed by atoms with Crippen LogP contribution in [-0.2, 0) is 22.9 Å². The molecule has 1 saturated heterocycles. The maximum Gasteiger partial charge on any atom is 0.214 e. The molecule has 5 heteroatoms. The minimum atomic E-state index is -3.06. The number of hydrogen-bond acceptors (Lipinski definition) is 3. The van der Waals surface area contributed by atoms with E-state index in [0.717, 1.165) is 51.6 Å². The molecule has 1 atom stereocenters. The van der Waals surface area contributed by atoms with Crippen molar-refractivity contribution in [1.29, 1.82) is 0 Å². The Labute approximate surface area is 132 Å². The third kappa shape index (κ3) is 2.94. The Kier molecular flexibility index (Phi) is 3.75. The van der Waals surface area contributed by atoms with Crippen LogP contribution in [0.5, 0.6) is 0 Å². The second-order valence-electron chi connectivity index (χ2n) is 7.03. The molecule has 22 heavy (non-hydrogen) atoms. The fourth-order valence-electron chi connectivity index (χ4n) is 3.93. The molecule has 1 aliphatic heterocycles. The van der Waals surface area contributed by atoms with Crippen LogP contribution >= 0.6 is 0 Å². The molecule has 3 aliphatic rings. The Hall–Kier alpha value is -0.910. The number of piperidine rings is 1. The maximum atomic E-state index is 12.1. The van der Waals surface area contributed by atoms with Crippen molar-refractivity contribution in [3.8, 4) is 0 Å². The first kappa shape index (κ1) is 14.7. The van der Waals surface area contributed by atoms with E-state index in [1.165, 1.54) is 11.1 Å². The number of likely N-dealkylation sites (tertiary alicyclic amines) is 1. The number of nitrogens with one attached hydrogen (secondary N) is 1. The lowest BCUT2D eigenvalue weighted by atomic mass is 10.0. The third-order valence-electron chi connectivity index (χ3n) is 5.29. The molecule has 2 fully saturated rings. The molecule has 2 aliphatic carbocycles. The molecular formula is C17H24N2O2S. The predicted molar refractivity (Wildman–Crippen MR) is 87.3 cm³/mol. The number of hydrogen-bond donors (Lipinski definition) is 1. The van der Waals surface area contributed by atoms with Crippen molar-refractivity contribution >= 4 is 10.0 Å². The largest absolute Gasteiger partial charge is 0.298 e. The zero-order valence-electron chi connectivity index (χ0n) is 12.9. The van der Waals surface area contributed by atoms with E-state index in [-0.39, 0.29) is 11.3 Å². The summed E-state index contributed by atoms with van der Waals surface area (Å²) >= 11 is 0. The van der Waals surface area contributed by atoms with Gasteiger partial charge in [0.1, 0.15) is 0 Å². The van der Waals surface area contributed by atoms with Gasteiger partial charge in [-0.2, -0.15) is 0 Å². The molecule has 120 valence electrons. The lowest BCUT2D eigenvalue weighted by molar-refractivity contribution is 0.148. The van der Waals surface area contributed by atoms with Gasteiger partial charge in [-0.05, 0) is 56.2 Å². The highest BCUT2D eigenvalue weighted by Gasteiger charge is 2.38. The van der Waals surface area contributed by atoms with Crippen LogP contribution in [0.1, 0.15) is 36.8 Å². The van der Waals surface area contributed by atoms with Crippen LogP contribution in [0.25, 0.3) is 0 Å². The first-order valence-electron chi connectivity index (χ1n) is 8.44. The number of fused-ring (bicyclic) bond motifs is 1. The smallest absolute Gasteiger partial charge is 0.214 e. The van der Waals surface area contributed by atoms with E-state index < -0.39 is 10.0 Å². The minimum Gasteiger partial charge on any atom is -0.298 e. The molecule has 0 unspecified atom stereocenters. The molecule has 0 aromatic heterocycles. The summed E-state index contributed by atoms with van der Waals surface area (Å²) in [4.78, 5) is 2.50. The third-order valence-corrected chi connectivity index (χ3v) is 7.30. The number of nitrogens with zero attached hydrogens (tertiary/aromatic N) is 1. The first-order chi connectivity index (χ1) is 10.6. The summed E-state index contributed by atoms with van der Waals surface area (Å²) in [5.74, 6) is 0. The van der Waals surface area contributed by atoms with Crippen molar-refractivity contribution in [2.75, 3.05) is 13.1 Å². The van der Waals surface area contributed by atoms with E-state index in [2.05, 4.69) is 33.9 Å². The molecule has 0 radical (unpaired) electrons. The molecular weight excluding hydrogens is 296 g/mol. The molecule has 0 spiro atoms. The predicted octanol–water partition coefficient (Wildman–Crippen LogP) is 1.70. The van der Waals surface area contributed by atoms with E-state index in [4.69, 9.17) is 0 Å². The highest BCUT2D eigenvalue weighted by molar-refractivity contribution is 7.90. The van der Waals surface area contributed by atoms with Crippen molar-refractivity contribution in [1.82, 2.24) is 9.62 Å². The van der Waals surface area contributed by atoms with Crippen LogP contribution in [0.2, 0.25) is 0 Å². The summed E-state index contributed by atoms with van der Waals surface area (Å²) in [6, 6.07) is 9.33. The van der Waals surface area contributed by atoms with Gasteiger partial charge in [0.05, 0.1) is 5.25 Å². The summed E-state index contributed by atoms with van der Waals surface area (Å²) in [5.41, 5.74) is 2.93. The molecule has 0 amide bonds. The minimum absolute atomic E-state index is 0.100. The Morgan fingerprint density at radius 2 is 1.73 bits per heavy atom. The van der Waals surface area contributed by atoms with Crippen LogP contribution in [0.4, 0.5) is 0 Å². The highest BCUT2D eigenvalue weighted by atomic mass is 32.2. The van der Waals surface area contributed by atoms with E-state index in [0.29, 0.717) is 6.04 Å². The van der Waals surface area contributed by atoms with Gasteiger partial charge in [-0.1, -0.05) is 24.3 Å². The first-order valence-corrected chi connectivity index (χ1v) is 9.98. The maximum absolute atomic E-state index is 12.1. The van der Waals surface area contributed by atoms with Gasteiger partial charge in [-0.25, -0.2) is 13.1 Å². The van der Waals surface area contributed by atoms with E-state index >= 15 is 0 Å². The van der Waals surface area contributed by atoms with Gasteiger partial charge in [-0.3, -0.25) is 4.90 Å². The van der Waals surface area contributed by atoms with Crippen molar-refractivity contribution < 1.29 is 8.42 Å². The molecule has 1 heterocycles. The van der Waals surface area contributed by atoms with Crippen LogP contribution in [0.15, 0.2) is 24.3 Å². The molecule has 0 bridgehead atoms. The fraction of sp³-hybridized carbons (Fsp3) is 0.647. The SMILES string of the molecule is O=S(=O)(N[C@H]1CCCN(C2Cc3ccccc3C2)C1)C1CC1. The molecule has 4 nitrogen and oxygen atoms in total. The molecule has 1 saturated carbocycles. The topological polar surface area (TPSA) is 49.4 Å². The van der Waals surface area contributed by atoms with Gasteiger partial charge in [0.2, 0.25) is 10.0 Å². The van der Waals surface area contributed by atoms with Gasteiger partial charge >= 0.3 is 0 Å². The Morgan fingerprint density at radius 1 is 1.05 bits per heavy atom. The van der Waals surface area contributed by atoms with Crippen molar-refractivity contribution in [3.63, 3.8) is 0 Å². The summed E-state index contributed by atoms with van der Waals surface area (Å²) < 4.78 is 27.2. The summed E-state index contributed by atoms with van der Waals surface area (Å²) in [5, 5.41) is -0.112. The zero-order valence-corrected chi connectivity index (χ0v) is 13.7. The zero-order chi connectivity index (χ0) is 15.2. The Morgan fingerprint density at radius 3 is 2.36 bits per heavy atom. The normalized spacial score (nSPS) is 27.0. The van der Waals surface area contributed by atoms with Crippen LogP contribution in [-0.4, -0.2) is 43.7 Å². The Bertz CT molecular complexity index is 629. The Balaban J connectivity index is 1.40. The number of rotatable bonds is 4. The van der Waals surface area contributed by atoms with Crippen LogP contribution < -0.4 is 4.72 Å². The van der Waals surface area contributed by atoms with Gasteiger partial charge in [0.15, 0.2) is 0 Å². The quantitative estimate of drug-likeness (QED) is 0.919. The average molecular weight is 320 g/mol. The van der Waals surface area contributed by atoms with E-state index in [1.54, 1.807) is 0 Å². The van der Waals surface area contributed by atoms with Gasteiger partial charge in [-0.15, -0.1) is 0 Å². The lowest BCUT2D eigenvalue weighted by Gasteiger charge is -2.37. The standard InChI is InChI=1S/C17H24N2O2S/c20-22(21,17-7-8-17)18-15-6-3-9-19(12-15)16-10-13-4-1-2-5-14(13)11-16/h1-2,4-5,15-18H,3,6-12H2/t15-/m0/s1. The number of benzene rings is 1. The second-order valence-corrected chi connectivity index (χ2v) is 9.02. The summed E-state index contributed by atoms with van der Waals surface area (Å²) in [6.45, 7) is 1.96. The van der Waals surface area contributed by atoms with Crippen LogP contribution in [0, 0.1) is 0 Å². The van der Waals surface area contributed by atoms with Crippen molar-refractivity contribution in [2.24, 2.45) is 0 Å². The summed E-state index contributed by atoms with van der Waals surface area (Å²) in [6.07, 6.45) is 5.96. The number of sulfonamides is 1. The lowest BCUT2D eigenvalue weighted by Crippen LogP contribution is -2.51. The second kappa shape index (κ2) is 5.62. The fourth-order valence-corrected chi connectivity index (χ4v) is 5.54. The van der Waals surface area contributed by atoms with E-state index in [9.17, 15) is 8.42 Å². The van der Waals surface area contributed by atoms with Gasteiger partial charge in [0.25, 0.3) is 0 Å².